The van der Waals surface area contributed by atoms with Crippen LogP contribution in [0.3, 0.4) is 0 Å². The van der Waals surface area contributed by atoms with Crippen LogP contribution in [0.15, 0.2) is 59.5 Å². The number of carbonyl (C=O) groups excluding carboxylic acids is 1. The Morgan fingerprint density at radius 2 is 1.91 bits per heavy atom. The van der Waals surface area contributed by atoms with E-state index in [0.717, 1.165) is 22.3 Å². The van der Waals surface area contributed by atoms with Crippen molar-refractivity contribution in [3.05, 3.63) is 60.3 Å². The van der Waals surface area contributed by atoms with E-state index in [1.807, 2.05) is 42.5 Å². The van der Waals surface area contributed by atoms with Crippen molar-refractivity contribution < 1.29 is 4.79 Å². The molecule has 3 aromatic rings. The Bertz CT molecular complexity index is 795. The van der Waals surface area contributed by atoms with E-state index in [1.54, 1.807) is 23.7 Å². The van der Waals surface area contributed by atoms with Crippen molar-refractivity contribution in [3.8, 4) is 0 Å². The maximum absolute atomic E-state index is 12.6. The van der Waals surface area contributed by atoms with Crippen LogP contribution >= 0.6 is 11.8 Å². The summed E-state index contributed by atoms with van der Waals surface area (Å²) in [5, 5.41) is 1.07. The van der Waals surface area contributed by atoms with Crippen molar-refractivity contribution in [2.45, 2.75) is 11.8 Å². The van der Waals surface area contributed by atoms with Crippen LogP contribution in [0.2, 0.25) is 0 Å². The molecule has 0 saturated carbocycles. The molecular formula is C18H18N2OS. The zero-order valence-electron chi connectivity index (χ0n) is 12.7. The minimum atomic E-state index is -0.0351. The molecule has 112 valence electrons. The van der Waals surface area contributed by atoms with Crippen LogP contribution in [0, 0.1) is 0 Å². The highest BCUT2D eigenvalue weighted by Gasteiger charge is 2.15. The van der Waals surface area contributed by atoms with Gasteiger partial charge in [-0.05, 0) is 42.2 Å². The Hall–Kier alpha value is -2.20. The van der Waals surface area contributed by atoms with E-state index in [4.69, 9.17) is 0 Å². The zero-order chi connectivity index (χ0) is 15.5. The summed E-state index contributed by atoms with van der Waals surface area (Å²) in [7, 11) is 1.79. The molecule has 22 heavy (non-hydrogen) atoms. The monoisotopic (exact) mass is 310 g/mol. The van der Waals surface area contributed by atoms with Crippen LogP contribution in [0.4, 0.5) is 5.69 Å². The molecule has 0 aliphatic carbocycles. The highest BCUT2D eigenvalue weighted by Crippen LogP contribution is 2.25. The van der Waals surface area contributed by atoms with Gasteiger partial charge in [0.05, 0.1) is 0 Å². The van der Waals surface area contributed by atoms with Gasteiger partial charge in [-0.2, -0.15) is 0 Å². The third-order valence-electron chi connectivity index (χ3n) is 3.58. The molecule has 0 aliphatic rings. The maximum Gasteiger partial charge on any atom is 0.274 e. The Kier molecular flexibility index (Phi) is 4.20. The van der Waals surface area contributed by atoms with Gasteiger partial charge in [0.15, 0.2) is 0 Å². The molecule has 2 aromatic carbocycles. The molecule has 4 heteroatoms. The number of H-pyrrole nitrogens is 1. The number of hydrogen-bond donors (Lipinski definition) is 1. The van der Waals surface area contributed by atoms with Gasteiger partial charge in [0, 0.05) is 28.5 Å². The van der Waals surface area contributed by atoms with Gasteiger partial charge in [0.1, 0.15) is 5.69 Å². The summed E-state index contributed by atoms with van der Waals surface area (Å²) >= 11 is 1.80. The van der Waals surface area contributed by atoms with E-state index < -0.39 is 0 Å². The van der Waals surface area contributed by atoms with E-state index >= 15 is 0 Å². The SMILES string of the molecule is CCSc1ccc2[nH]c(C(=O)N(C)c3ccccc3)cc2c1. The van der Waals surface area contributed by atoms with Gasteiger partial charge < -0.3 is 9.88 Å². The fourth-order valence-corrected chi connectivity index (χ4v) is 3.14. The highest BCUT2D eigenvalue weighted by molar-refractivity contribution is 7.99. The minimum Gasteiger partial charge on any atom is -0.351 e. The second kappa shape index (κ2) is 6.28. The number of carbonyl (C=O) groups is 1. The minimum absolute atomic E-state index is 0.0351. The van der Waals surface area contributed by atoms with E-state index in [0.29, 0.717) is 5.69 Å². The predicted octanol–water partition coefficient (Wildman–Crippen LogP) is 4.56. The molecular weight excluding hydrogens is 292 g/mol. The third kappa shape index (κ3) is 2.88. The van der Waals surface area contributed by atoms with Gasteiger partial charge in [-0.1, -0.05) is 25.1 Å². The van der Waals surface area contributed by atoms with Crippen molar-refractivity contribution in [2.24, 2.45) is 0 Å². The topological polar surface area (TPSA) is 36.1 Å². The summed E-state index contributed by atoms with van der Waals surface area (Å²) in [4.78, 5) is 18.7. The molecule has 0 spiro atoms. The largest absolute Gasteiger partial charge is 0.351 e. The Labute approximate surface area is 134 Å². The maximum atomic E-state index is 12.6. The molecule has 1 aromatic heterocycles. The number of anilines is 1. The fraction of sp³-hybridized carbons (Fsp3) is 0.167. The van der Waals surface area contributed by atoms with Crippen LogP contribution in [0.1, 0.15) is 17.4 Å². The van der Waals surface area contributed by atoms with Crippen LogP contribution in [-0.4, -0.2) is 23.7 Å². The van der Waals surface area contributed by atoms with E-state index in [1.165, 1.54) is 4.90 Å². The summed E-state index contributed by atoms with van der Waals surface area (Å²) < 4.78 is 0. The van der Waals surface area contributed by atoms with Crippen molar-refractivity contribution in [1.29, 1.82) is 0 Å². The first-order valence-corrected chi connectivity index (χ1v) is 8.26. The lowest BCUT2D eigenvalue weighted by molar-refractivity contribution is 0.0989. The lowest BCUT2D eigenvalue weighted by Crippen LogP contribution is -2.26. The number of fused-ring (bicyclic) bond motifs is 1. The van der Waals surface area contributed by atoms with E-state index in [2.05, 4.69) is 24.0 Å². The molecule has 0 saturated heterocycles. The molecule has 0 atom stereocenters. The summed E-state index contributed by atoms with van der Waals surface area (Å²) in [5.74, 6) is 1.01. The number of aromatic nitrogens is 1. The van der Waals surface area contributed by atoms with Gasteiger partial charge in [0.2, 0.25) is 0 Å². The molecule has 0 bridgehead atoms. The number of nitrogens with one attached hydrogen (secondary N) is 1. The lowest BCUT2D eigenvalue weighted by atomic mass is 10.2. The first-order valence-electron chi connectivity index (χ1n) is 7.27. The standard InChI is InChI=1S/C18H18N2OS/c1-3-22-15-9-10-16-13(11-15)12-17(19-16)18(21)20(2)14-7-5-4-6-8-14/h4-12,19H,3H2,1-2H3. The first-order chi connectivity index (χ1) is 10.7. The molecule has 0 unspecified atom stereocenters. The molecule has 0 fully saturated rings. The first kappa shape index (κ1) is 14.7. The van der Waals surface area contributed by atoms with Crippen molar-refractivity contribution in [1.82, 2.24) is 4.98 Å². The fourth-order valence-electron chi connectivity index (χ4n) is 2.43. The summed E-state index contributed by atoms with van der Waals surface area (Å²) in [6, 6.07) is 17.8. The van der Waals surface area contributed by atoms with Gasteiger partial charge >= 0.3 is 0 Å². The van der Waals surface area contributed by atoms with E-state index in [-0.39, 0.29) is 5.91 Å². The number of benzene rings is 2. The normalized spacial score (nSPS) is 10.8. The Morgan fingerprint density at radius 3 is 2.64 bits per heavy atom. The third-order valence-corrected chi connectivity index (χ3v) is 4.46. The van der Waals surface area contributed by atoms with Gasteiger partial charge in [-0.3, -0.25) is 4.79 Å². The van der Waals surface area contributed by atoms with E-state index in [9.17, 15) is 4.79 Å². The molecule has 1 heterocycles. The molecule has 1 amide bonds. The van der Waals surface area contributed by atoms with Gasteiger partial charge in [-0.15, -0.1) is 11.8 Å². The van der Waals surface area contributed by atoms with Crippen LogP contribution in [0.5, 0.6) is 0 Å². The number of amides is 1. The summed E-state index contributed by atoms with van der Waals surface area (Å²) in [5.41, 5.74) is 2.48. The smallest absolute Gasteiger partial charge is 0.274 e. The molecule has 1 N–H and O–H groups in total. The number of aromatic amines is 1. The molecule has 0 radical (unpaired) electrons. The average Bonchev–Trinajstić information content (AvgIpc) is 2.98. The van der Waals surface area contributed by atoms with Crippen molar-refractivity contribution >= 4 is 34.3 Å². The summed E-state index contributed by atoms with van der Waals surface area (Å²) in [6.07, 6.45) is 0. The molecule has 3 rings (SSSR count). The Balaban J connectivity index is 1.91. The number of nitrogens with zero attached hydrogens (tertiary/aromatic N) is 1. The zero-order valence-corrected chi connectivity index (χ0v) is 13.5. The molecule has 0 aliphatic heterocycles. The second-order valence-electron chi connectivity index (χ2n) is 5.06. The highest BCUT2D eigenvalue weighted by atomic mass is 32.2. The molecule has 3 nitrogen and oxygen atoms in total. The number of para-hydroxylation sites is 1. The lowest BCUT2D eigenvalue weighted by Gasteiger charge is -2.16. The number of thioether (sulfide) groups is 1. The van der Waals surface area contributed by atoms with Crippen molar-refractivity contribution in [3.63, 3.8) is 0 Å². The summed E-state index contributed by atoms with van der Waals surface area (Å²) in [6.45, 7) is 2.13. The van der Waals surface area contributed by atoms with Gasteiger partial charge in [0.25, 0.3) is 5.91 Å². The van der Waals surface area contributed by atoms with Crippen molar-refractivity contribution in [2.75, 3.05) is 17.7 Å². The second-order valence-corrected chi connectivity index (χ2v) is 6.40. The van der Waals surface area contributed by atoms with Crippen LogP contribution in [-0.2, 0) is 0 Å². The number of hydrogen-bond acceptors (Lipinski definition) is 2. The Morgan fingerprint density at radius 1 is 1.14 bits per heavy atom. The van der Waals surface area contributed by atoms with Gasteiger partial charge in [-0.25, -0.2) is 0 Å². The van der Waals surface area contributed by atoms with Crippen LogP contribution < -0.4 is 4.90 Å². The predicted molar refractivity (Wildman–Crippen MR) is 93.9 cm³/mol. The van der Waals surface area contributed by atoms with Crippen LogP contribution in [0.25, 0.3) is 10.9 Å². The average molecular weight is 310 g/mol. The quantitative estimate of drug-likeness (QED) is 0.717. The number of rotatable bonds is 4.